The second-order valence-corrected chi connectivity index (χ2v) is 6.84. The van der Waals surface area contributed by atoms with E-state index in [1.54, 1.807) is 0 Å². The smallest absolute Gasteiger partial charge is 0.191 e. The van der Waals surface area contributed by atoms with Crippen LogP contribution in [0.5, 0.6) is 0 Å². The normalized spacial score (nSPS) is 23.7. The van der Waals surface area contributed by atoms with Crippen LogP contribution >= 0.6 is 0 Å². The minimum atomic E-state index is 0.279. The first-order valence-corrected chi connectivity index (χ1v) is 8.42. The van der Waals surface area contributed by atoms with Gasteiger partial charge in [-0.05, 0) is 25.8 Å². The summed E-state index contributed by atoms with van der Waals surface area (Å²) in [5.41, 5.74) is 0.279. The number of likely N-dealkylation sites (tertiary alicyclic amines) is 1. The van der Waals surface area contributed by atoms with Crippen molar-refractivity contribution in [3.8, 4) is 0 Å². The van der Waals surface area contributed by atoms with Crippen molar-refractivity contribution >= 4 is 5.96 Å². The highest BCUT2D eigenvalue weighted by Gasteiger charge is 2.33. The van der Waals surface area contributed by atoms with Crippen molar-refractivity contribution in [2.75, 3.05) is 46.4 Å². The number of aliphatic imine (C=N–C) groups is 1. The van der Waals surface area contributed by atoms with Crippen LogP contribution in [-0.2, 0) is 4.74 Å². The van der Waals surface area contributed by atoms with E-state index >= 15 is 0 Å². The van der Waals surface area contributed by atoms with Gasteiger partial charge in [0.05, 0.1) is 13.2 Å². The van der Waals surface area contributed by atoms with Crippen LogP contribution in [0.4, 0.5) is 0 Å². The summed E-state index contributed by atoms with van der Waals surface area (Å²) >= 11 is 0. The third-order valence-electron chi connectivity index (χ3n) is 4.56. The van der Waals surface area contributed by atoms with Crippen LogP contribution in [0, 0.1) is 5.41 Å². The monoisotopic (exact) mass is 296 g/mol. The molecule has 0 aromatic heterocycles. The Balaban J connectivity index is 1.66. The van der Waals surface area contributed by atoms with Gasteiger partial charge in [-0.3, -0.25) is 4.99 Å². The Labute approximate surface area is 129 Å². The van der Waals surface area contributed by atoms with Gasteiger partial charge in [-0.25, -0.2) is 0 Å². The first-order valence-electron chi connectivity index (χ1n) is 8.42. The molecule has 5 nitrogen and oxygen atoms in total. The van der Waals surface area contributed by atoms with Gasteiger partial charge in [-0.1, -0.05) is 20.3 Å². The van der Waals surface area contributed by atoms with E-state index in [2.05, 4.69) is 34.4 Å². The van der Waals surface area contributed by atoms with Crippen LogP contribution in [0.25, 0.3) is 0 Å². The Hall–Kier alpha value is -0.810. The van der Waals surface area contributed by atoms with Crippen molar-refractivity contribution in [3.05, 3.63) is 0 Å². The van der Waals surface area contributed by atoms with Crippen molar-refractivity contribution in [3.63, 3.8) is 0 Å². The molecule has 5 heteroatoms. The number of nitrogens with one attached hydrogen (secondary N) is 2. The summed E-state index contributed by atoms with van der Waals surface area (Å²) in [7, 11) is 1.85. The third-order valence-corrected chi connectivity index (χ3v) is 4.56. The molecule has 0 aromatic carbocycles. The molecule has 0 atom stereocenters. The first kappa shape index (κ1) is 16.6. The van der Waals surface area contributed by atoms with Crippen LogP contribution in [0.1, 0.15) is 39.5 Å². The van der Waals surface area contributed by atoms with Crippen LogP contribution in [0.3, 0.4) is 0 Å². The number of unbranched alkanes of at least 4 members (excludes halogenated alkanes) is 1. The molecular formula is C16H32N4O. The quantitative estimate of drug-likeness (QED) is 0.575. The van der Waals surface area contributed by atoms with Crippen LogP contribution in [-0.4, -0.2) is 63.3 Å². The zero-order valence-corrected chi connectivity index (χ0v) is 14.0. The van der Waals surface area contributed by atoms with Crippen molar-refractivity contribution in [2.45, 2.75) is 45.6 Å². The summed E-state index contributed by atoms with van der Waals surface area (Å²) in [6, 6.07) is 0.555. The molecule has 2 fully saturated rings. The molecule has 122 valence electrons. The molecule has 2 rings (SSSR count). The van der Waals surface area contributed by atoms with Crippen LogP contribution in [0.2, 0.25) is 0 Å². The molecular weight excluding hydrogens is 264 g/mol. The van der Waals surface area contributed by atoms with Crippen LogP contribution < -0.4 is 10.6 Å². The van der Waals surface area contributed by atoms with Gasteiger partial charge < -0.3 is 20.3 Å². The fraction of sp³-hybridized carbons (Fsp3) is 0.938. The number of rotatable bonds is 6. The fourth-order valence-corrected chi connectivity index (χ4v) is 2.92. The molecule has 2 heterocycles. The Bertz CT molecular complexity index is 333. The largest absolute Gasteiger partial charge is 0.380 e. The summed E-state index contributed by atoms with van der Waals surface area (Å²) < 4.78 is 5.29. The highest BCUT2D eigenvalue weighted by molar-refractivity contribution is 5.80. The molecule has 0 aliphatic carbocycles. The highest BCUT2D eigenvalue weighted by Crippen LogP contribution is 2.25. The lowest BCUT2D eigenvalue weighted by molar-refractivity contribution is -0.0971. The molecule has 0 saturated carbocycles. The van der Waals surface area contributed by atoms with Gasteiger partial charge >= 0.3 is 0 Å². The molecule has 21 heavy (non-hydrogen) atoms. The number of ether oxygens (including phenoxy) is 1. The Kier molecular flexibility index (Phi) is 6.30. The van der Waals surface area contributed by atoms with E-state index in [9.17, 15) is 0 Å². The second kappa shape index (κ2) is 7.99. The van der Waals surface area contributed by atoms with Crippen LogP contribution in [0.15, 0.2) is 4.99 Å². The molecule has 0 radical (unpaired) electrons. The molecule has 2 aliphatic rings. The average Bonchev–Trinajstić information content (AvgIpc) is 2.48. The number of nitrogens with zero attached hydrogens (tertiary/aromatic N) is 2. The lowest BCUT2D eigenvalue weighted by Gasteiger charge is -2.39. The van der Waals surface area contributed by atoms with E-state index in [1.807, 2.05) is 7.05 Å². The molecule has 0 spiro atoms. The number of piperidine rings is 1. The van der Waals surface area contributed by atoms with Crippen molar-refractivity contribution in [1.82, 2.24) is 15.5 Å². The average molecular weight is 296 g/mol. The van der Waals surface area contributed by atoms with Gasteiger partial charge in [-0.2, -0.15) is 0 Å². The zero-order chi connectivity index (χ0) is 15.1. The summed E-state index contributed by atoms with van der Waals surface area (Å²) in [5, 5.41) is 7.02. The first-order chi connectivity index (χ1) is 10.1. The summed E-state index contributed by atoms with van der Waals surface area (Å²) in [5.74, 6) is 0.940. The lowest BCUT2D eigenvalue weighted by Crippen LogP contribution is -2.53. The molecule has 2 N–H and O–H groups in total. The van der Waals surface area contributed by atoms with E-state index in [0.29, 0.717) is 6.04 Å². The van der Waals surface area contributed by atoms with Crippen molar-refractivity contribution in [2.24, 2.45) is 10.4 Å². The third kappa shape index (κ3) is 5.15. The van der Waals surface area contributed by atoms with Gasteiger partial charge in [0.15, 0.2) is 5.96 Å². The minimum absolute atomic E-state index is 0.279. The predicted molar refractivity (Wildman–Crippen MR) is 87.8 cm³/mol. The number of guanidine groups is 1. The number of hydrogen-bond donors (Lipinski definition) is 2. The van der Waals surface area contributed by atoms with Gasteiger partial charge in [-0.15, -0.1) is 0 Å². The molecule has 0 unspecified atom stereocenters. The molecule has 0 bridgehead atoms. The Morgan fingerprint density at radius 2 is 2.05 bits per heavy atom. The fourth-order valence-electron chi connectivity index (χ4n) is 2.92. The number of hydrogen-bond acceptors (Lipinski definition) is 3. The molecule has 2 saturated heterocycles. The molecule has 0 aromatic rings. The van der Waals surface area contributed by atoms with E-state index < -0.39 is 0 Å². The minimum Gasteiger partial charge on any atom is -0.380 e. The van der Waals surface area contributed by atoms with Crippen molar-refractivity contribution < 1.29 is 4.74 Å². The molecule has 0 amide bonds. The standard InChI is InChI=1S/C16H32N4O/c1-4-5-8-20-9-6-14(7-10-20)19-15(17-3)18-11-16(2)12-21-13-16/h14H,4-13H2,1-3H3,(H2,17,18,19). The van der Waals surface area contributed by atoms with Gasteiger partial charge in [0.25, 0.3) is 0 Å². The van der Waals surface area contributed by atoms with Crippen molar-refractivity contribution in [1.29, 1.82) is 0 Å². The maximum Gasteiger partial charge on any atom is 0.191 e. The summed E-state index contributed by atoms with van der Waals surface area (Å²) in [4.78, 5) is 6.94. The maximum atomic E-state index is 5.29. The summed E-state index contributed by atoms with van der Waals surface area (Å²) in [6.45, 7) is 10.8. The molecule has 2 aliphatic heterocycles. The Morgan fingerprint density at radius 3 is 2.57 bits per heavy atom. The SMILES string of the molecule is CCCCN1CCC(NC(=NC)NCC2(C)COC2)CC1. The van der Waals surface area contributed by atoms with Gasteiger partial charge in [0, 0.05) is 38.1 Å². The predicted octanol–water partition coefficient (Wildman–Crippen LogP) is 1.45. The van der Waals surface area contributed by atoms with E-state index in [1.165, 1.54) is 45.3 Å². The summed E-state index contributed by atoms with van der Waals surface area (Å²) in [6.07, 6.45) is 5.04. The highest BCUT2D eigenvalue weighted by atomic mass is 16.5. The van der Waals surface area contributed by atoms with E-state index in [0.717, 1.165) is 25.7 Å². The van der Waals surface area contributed by atoms with E-state index in [-0.39, 0.29) is 5.41 Å². The van der Waals surface area contributed by atoms with E-state index in [4.69, 9.17) is 4.74 Å². The topological polar surface area (TPSA) is 48.9 Å². The second-order valence-electron chi connectivity index (χ2n) is 6.84. The van der Waals surface area contributed by atoms with Gasteiger partial charge in [0.1, 0.15) is 0 Å². The Morgan fingerprint density at radius 1 is 1.33 bits per heavy atom. The maximum absolute atomic E-state index is 5.29. The zero-order valence-electron chi connectivity index (χ0n) is 14.0. The lowest BCUT2D eigenvalue weighted by atomic mass is 9.89. The van der Waals surface area contributed by atoms with Gasteiger partial charge in [0.2, 0.25) is 0 Å².